The van der Waals surface area contributed by atoms with Crippen LogP contribution in [0.5, 0.6) is 0 Å². The molecule has 0 saturated heterocycles. The lowest BCUT2D eigenvalue weighted by Gasteiger charge is -2.37. The maximum atomic E-state index is 14.5. The molecule has 5 rings (SSSR count). The van der Waals surface area contributed by atoms with Crippen molar-refractivity contribution in [3.05, 3.63) is 112 Å². The number of hydrogen-bond donors (Lipinski definition) is 0. The molecule has 3 aromatic carbocycles. The predicted octanol–water partition coefficient (Wildman–Crippen LogP) is 4.34. The smallest absolute Gasteiger partial charge is 0.342 e. The van der Waals surface area contributed by atoms with Crippen molar-refractivity contribution in [1.29, 1.82) is 0 Å². The van der Waals surface area contributed by atoms with Crippen molar-refractivity contribution in [3.8, 4) is 0 Å². The molecule has 0 fully saturated rings. The average molecular weight is 502 g/mol. The molecule has 2 aliphatic rings. The monoisotopic (exact) mass is 501 g/mol. The molecule has 0 amide bonds. The second-order valence-electron chi connectivity index (χ2n) is 8.26. The highest BCUT2D eigenvalue weighted by atomic mass is 35.5. The number of carbonyl (C=O) groups excluding carboxylic acids is 3. The van der Waals surface area contributed by atoms with Crippen LogP contribution in [0, 0.1) is 5.41 Å². The molecule has 1 aliphatic heterocycles. The number of esters is 2. The Labute approximate surface area is 211 Å². The number of carbonyl (C=O) groups is 3. The van der Waals surface area contributed by atoms with Crippen LogP contribution < -0.4 is 0 Å². The van der Waals surface area contributed by atoms with Crippen molar-refractivity contribution in [1.82, 2.24) is 0 Å². The molecule has 3 aromatic rings. The fourth-order valence-electron chi connectivity index (χ4n) is 5.09. The topological polar surface area (TPSA) is 91.3 Å². The van der Waals surface area contributed by atoms with Crippen molar-refractivity contribution in [3.63, 3.8) is 0 Å². The molecule has 180 valence electrons. The minimum absolute atomic E-state index is 0.00667. The average Bonchev–Trinajstić information content (AvgIpc) is 3.39. The third-order valence-electron chi connectivity index (χ3n) is 6.57. The van der Waals surface area contributed by atoms with E-state index in [1.165, 1.54) is 14.2 Å². The maximum absolute atomic E-state index is 14.5. The van der Waals surface area contributed by atoms with Crippen LogP contribution in [0.1, 0.15) is 16.7 Å². The van der Waals surface area contributed by atoms with Crippen molar-refractivity contribution < 1.29 is 28.7 Å². The quantitative estimate of drug-likeness (QED) is 0.293. The molecule has 7 nitrogen and oxygen atoms in total. The highest BCUT2D eigenvalue weighted by Gasteiger charge is 2.79. The number of halogens is 1. The summed E-state index contributed by atoms with van der Waals surface area (Å²) < 4.78 is 10.3. The van der Waals surface area contributed by atoms with Gasteiger partial charge in [-0.2, -0.15) is 0 Å². The molecule has 1 heterocycles. The molecule has 36 heavy (non-hydrogen) atoms. The third-order valence-corrected chi connectivity index (χ3v) is 6.82. The van der Waals surface area contributed by atoms with Crippen LogP contribution in [0.3, 0.4) is 0 Å². The summed E-state index contributed by atoms with van der Waals surface area (Å²) in [5.74, 6) is -2.64. The van der Waals surface area contributed by atoms with E-state index in [2.05, 4.69) is 5.16 Å². The molecular weight excluding hydrogens is 482 g/mol. The first kappa shape index (κ1) is 23.5. The first-order valence-corrected chi connectivity index (χ1v) is 11.4. The Kier molecular flexibility index (Phi) is 5.73. The van der Waals surface area contributed by atoms with E-state index in [9.17, 15) is 14.4 Å². The van der Waals surface area contributed by atoms with Crippen LogP contribution in [0.15, 0.2) is 95.7 Å². The number of ether oxygens (including phenoxy) is 2. The highest BCUT2D eigenvalue weighted by molar-refractivity contribution is 6.44. The van der Waals surface area contributed by atoms with Gasteiger partial charge in [0.1, 0.15) is 11.3 Å². The number of ketones is 1. The number of fused-ring (bicyclic) bond motifs is 1. The van der Waals surface area contributed by atoms with Crippen molar-refractivity contribution in [2.45, 2.75) is 5.60 Å². The van der Waals surface area contributed by atoms with Gasteiger partial charge < -0.3 is 14.3 Å². The molecule has 0 N–H and O–H groups in total. The van der Waals surface area contributed by atoms with Gasteiger partial charge in [0.05, 0.1) is 14.2 Å². The molecule has 0 spiro atoms. The van der Waals surface area contributed by atoms with Gasteiger partial charge in [-0.3, -0.25) is 9.59 Å². The Morgan fingerprint density at radius 2 is 1.44 bits per heavy atom. The number of oxime groups is 1. The van der Waals surface area contributed by atoms with E-state index in [1.54, 1.807) is 84.9 Å². The van der Waals surface area contributed by atoms with Crippen molar-refractivity contribution in [2.75, 3.05) is 14.2 Å². The Bertz CT molecular complexity index is 1430. The molecule has 0 bridgehead atoms. The van der Waals surface area contributed by atoms with Crippen LogP contribution in [-0.2, 0) is 34.3 Å². The number of benzene rings is 3. The van der Waals surface area contributed by atoms with E-state index < -0.39 is 28.7 Å². The van der Waals surface area contributed by atoms with Crippen LogP contribution in [0.25, 0.3) is 5.57 Å². The lowest BCUT2D eigenvalue weighted by Crippen LogP contribution is -2.56. The summed E-state index contributed by atoms with van der Waals surface area (Å²) in [5, 5.41) is 4.78. The van der Waals surface area contributed by atoms with Gasteiger partial charge in [-0.15, -0.1) is 0 Å². The van der Waals surface area contributed by atoms with Crippen molar-refractivity contribution in [2.24, 2.45) is 10.6 Å². The molecule has 0 saturated carbocycles. The fraction of sp³-hybridized carbons (Fsp3) is 0.143. The van der Waals surface area contributed by atoms with E-state index in [4.69, 9.17) is 25.9 Å². The molecule has 1 aliphatic carbocycles. The van der Waals surface area contributed by atoms with Gasteiger partial charge in [0, 0.05) is 21.7 Å². The number of methoxy groups -OCH3 is 2. The first-order chi connectivity index (χ1) is 17.4. The number of hydrogen-bond acceptors (Lipinski definition) is 7. The van der Waals surface area contributed by atoms with Gasteiger partial charge in [-0.05, 0) is 17.7 Å². The zero-order valence-electron chi connectivity index (χ0n) is 19.4. The summed E-state index contributed by atoms with van der Waals surface area (Å²) in [7, 11) is 2.35. The zero-order chi connectivity index (χ0) is 25.5. The molecule has 0 radical (unpaired) electrons. The maximum Gasteiger partial charge on any atom is 0.342 e. The Morgan fingerprint density at radius 1 is 0.833 bits per heavy atom. The lowest BCUT2D eigenvalue weighted by molar-refractivity contribution is -0.162. The van der Waals surface area contributed by atoms with Gasteiger partial charge >= 0.3 is 11.9 Å². The summed E-state index contributed by atoms with van der Waals surface area (Å²) in [4.78, 5) is 47.8. The van der Waals surface area contributed by atoms with Gasteiger partial charge in [-0.25, -0.2) is 4.79 Å². The summed E-state index contributed by atoms with van der Waals surface area (Å²) in [6.45, 7) is 0. The van der Waals surface area contributed by atoms with E-state index >= 15 is 0 Å². The molecule has 8 heteroatoms. The number of Topliss-reactive ketones (excluding diaryl/α,β-unsaturated/α-hetero) is 1. The van der Waals surface area contributed by atoms with E-state index in [-0.39, 0.29) is 16.9 Å². The van der Waals surface area contributed by atoms with E-state index in [1.807, 2.05) is 0 Å². The molecule has 0 unspecified atom stereocenters. The summed E-state index contributed by atoms with van der Waals surface area (Å²) in [6, 6.07) is 24.0. The second kappa shape index (κ2) is 8.77. The summed E-state index contributed by atoms with van der Waals surface area (Å²) >= 11 is 6.09. The molecular formula is C28H20ClNO6. The van der Waals surface area contributed by atoms with Gasteiger partial charge in [0.2, 0.25) is 11.0 Å². The number of nitrogens with zero attached hydrogens (tertiary/aromatic N) is 1. The zero-order valence-corrected chi connectivity index (χ0v) is 20.1. The minimum atomic E-state index is -2.17. The third kappa shape index (κ3) is 2.99. The van der Waals surface area contributed by atoms with Crippen LogP contribution in [0.4, 0.5) is 0 Å². The Balaban J connectivity index is 1.94. The standard InChI is InChI=1S/C28H20ClNO6/c1-34-25(32)21-22(17-9-5-3-6-10-17)28(19-11-7-4-8-12-19)27(24(21)31,26(33)35-2)23(30-36-28)18-13-15-20(29)16-14-18/h3-16H,1-2H3/t27-,28+/m0/s1. The minimum Gasteiger partial charge on any atom is -0.468 e. The molecule has 0 aromatic heterocycles. The van der Waals surface area contributed by atoms with Crippen LogP contribution in [-0.4, -0.2) is 37.7 Å². The Hall–Kier alpha value is -4.23. The predicted molar refractivity (Wildman–Crippen MR) is 132 cm³/mol. The van der Waals surface area contributed by atoms with E-state index in [0.29, 0.717) is 21.7 Å². The van der Waals surface area contributed by atoms with Gasteiger partial charge in [0.15, 0.2) is 5.78 Å². The second-order valence-corrected chi connectivity index (χ2v) is 8.70. The SMILES string of the molecule is COC(=O)C1=C(c2ccccc2)[C@@]2(c3ccccc3)ON=C(c3ccc(Cl)cc3)[C@@]2(C(=O)OC)C1=O. The largest absolute Gasteiger partial charge is 0.468 e. The summed E-state index contributed by atoms with van der Waals surface area (Å²) in [6.07, 6.45) is 0. The van der Waals surface area contributed by atoms with Crippen LogP contribution >= 0.6 is 11.6 Å². The summed E-state index contributed by atoms with van der Waals surface area (Å²) in [5.41, 5.74) is -2.81. The molecule has 2 atom stereocenters. The number of rotatable bonds is 5. The van der Waals surface area contributed by atoms with Crippen molar-refractivity contribution >= 4 is 40.6 Å². The first-order valence-electron chi connectivity index (χ1n) is 11.0. The van der Waals surface area contributed by atoms with Crippen LogP contribution in [0.2, 0.25) is 5.02 Å². The van der Waals surface area contributed by atoms with E-state index in [0.717, 1.165) is 0 Å². The normalized spacial score (nSPS) is 22.5. The van der Waals surface area contributed by atoms with Gasteiger partial charge in [-0.1, -0.05) is 89.6 Å². The Morgan fingerprint density at radius 3 is 2.03 bits per heavy atom. The fourth-order valence-corrected chi connectivity index (χ4v) is 5.22. The van der Waals surface area contributed by atoms with Gasteiger partial charge in [0.25, 0.3) is 0 Å². The highest BCUT2D eigenvalue weighted by Crippen LogP contribution is 2.64. The lowest BCUT2D eigenvalue weighted by atomic mass is 9.63.